The molecule has 142 valence electrons. The van der Waals surface area contributed by atoms with Gasteiger partial charge in [0.05, 0.1) is 16.1 Å². The minimum absolute atomic E-state index is 0.0987. The van der Waals surface area contributed by atoms with Crippen LogP contribution in [-0.4, -0.2) is 16.0 Å². The third-order valence-corrected chi connectivity index (χ3v) is 5.12. The van der Waals surface area contributed by atoms with E-state index in [0.717, 1.165) is 10.0 Å². The number of hydrogen-bond acceptors (Lipinski definition) is 5. The third kappa shape index (κ3) is 5.10. The number of aryl methyl sites for hydroxylation is 1. The molecule has 0 aliphatic heterocycles. The summed E-state index contributed by atoms with van der Waals surface area (Å²) < 4.78 is 6.14. The summed E-state index contributed by atoms with van der Waals surface area (Å²) in [6, 6.07) is 13.5. The summed E-state index contributed by atoms with van der Waals surface area (Å²) in [6.45, 7) is 0. The Balaban J connectivity index is 1.58. The molecule has 2 aromatic carbocycles. The van der Waals surface area contributed by atoms with E-state index >= 15 is 0 Å². The third-order valence-electron chi connectivity index (χ3n) is 3.85. The fourth-order valence-electron chi connectivity index (χ4n) is 2.41. The molecule has 1 atom stereocenters. The van der Waals surface area contributed by atoms with Gasteiger partial charge in [0.1, 0.15) is 6.04 Å². The monoisotopic (exact) mass is 478 g/mol. The van der Waals surface area contributed by atoms with Gasteiger partial charge < -0.3 is 9.84 Å². The van der Waals surface area contributed by atoms with Gasteiger partial charge in [-0.1, -0.05) is 50.4 Å². The SMILES string of the molecule is N#CC(NC(=O)CCc1nc(-c2ccc(Br)cc2)no1)c1ccc(Cl)c(Cl)c1. The van der Waals surface area contributed by atoms with Crippen LogP contribution in [0.4, 0.5) is 0 Å². The zero-order chi connectivity index (χ0) is 20.1. The van der Waals surface area contributed by atoms with Crippen LogP contribution in [0.15, 0.2) is 51.5 Å². The van der Waals surface area contributed by atoms with E-state index in [1.54, 1.807) is 18.2 Å². The average Bonchev–Trinajstić information content (AvgIpc) is 3.16. The van der Waals surface area contributed by atoms with E-state index in [2.05, 4.69) is 31.4 Å². The largest absolute Gasteiger partial charge is 0.339 e. The Hall–Kier alpha value is -2.40. The lowest BCUT2D eigenvalue weighted by molar-refractivity contribution is -0.121. The molecule has 28 heavy (non-hydrogen) atoms. The summed E-state index contributed by atoms with van der Waals surface area (Å²) in [5, 5.41) is 16.6. The molecule has 0 spiro atoms. The molecule has 9 heteroatoms. The van der Waals surface area contributed by atoms with Gasteiger partial charge in [-0.3, -0.25) is 4.79 Å². The molecule has 6 nitrogen and oxygen atoms in total. The van der Waals surface area contributed by atoms with Gasteiger partial charge in [-0.15, -0.1) is 0 Å². The van der Waals surface area contributed by atoms with Crippen molar-refractivity contribution in [2.45, 2.75) is 18.9 Å². The summed E-state index contributed by atoms with van der Waals surface area (Å²) in [7, 11) is 0. The number of nitrogens with zero attached hydrogens (tertiary/aromatic N) is 3. The highest BCUT2D eigenvalue weighted by atomic mass is 79.9. The molecule has 1 aromatic heterocycles. The highest BCUT2D eigenvalue weighted by Gasteiger charge is 2.16. The smallest absolute Gasteiger partial charge is 0.227 e. The summed E-state index contributed by atoms with van der Waals surface area (Å²) in [4.78, 5) is 16.5. The van der Waals surface area contributed by atoms with Gasteiger partial charge in [-0.25, -0.2) is 0 Å². The lowest BCUT2D eigenvalue weighted by Gasteiger charge is -2.12. The van der Waals surface area contributed by atoms with E-state index in [-0.39, 0.29) is 18.7 Å². The van der Waals surface area contributed by atoms with Crippen LogP contribution in [0.3, 0.4) is 0 Å². The van der Waals surface area contributed by atoms with Gasteiger partial charge in [0, 0.05) is 22.9 Å². The molecule has 0 saturated heterocycles. The second-order valence-electron chi connectivity index (χ2n) is 5.82. The van der Waals surface area contributed by atoms with Crippen molar-refractivity contribution in [3.8, 4) is 17.5 Å². The maximum atomic E-state index is 12.2. The highest BCUT2D eigenvalue weighted by Crippen LogP contribution is 2.25. The number of halogens is 3. The fourth-order valence-corrected chi connectivity index (χ4v) is 2.98. The molecule has 0 fully saturated rings. The Kier molecular flexibility index (Phi) is 6.68. The van der Waals surface area contributed by atoms with Crippen molar-refractivity contribution in [2.75, 3.05) is 0 Å². The zero-order valence-electron chi connectivity index (χ0n) is 14.3. The number of amides is 1. The van der Waals surface area contributed by atoms with E-state index in [4.69, 9.17) is 27.7 Å². The molecular weight excluding hydrogens is 467 g/mol. The van der Waals surface area contributed by atoms with Gasteiger partial charge in [-0.2, -0.15) is 10.2 Å². The van der Waals surface area contributed by atoms with Crippen LogP contribution in [0.5, 0.6) is 0 Å². The predicted octanol–water partition coefficient (Wildman–Crippen LogP) is 5.12. The number of hydrogen-bond donors (Lipinski definition) is 1. The number of aromatic nitrogens is 2. The molecule has 0 saturated carbocycles. The Bertz CT molecular complexity index is 1030. The van der Waals surface area contributed by atoms with Gasteiger partial charge >= 0.3 is 0 Å². The molecule has 1 N–H and O–H groups in total. The first-order chi connectivity index (χ1) is 13.5. The van der Waals surface area contributed by atoms with Crippen LogP contribution in [0.1, 0.15) is 23.9 Å². The number of nitrogens with one attached hydrogen (secondary N) is 1. The lowest BCUT2D eigenvalue weighted by atomic mass is 10.1. The molecule has 0 aliphatic rings. The maximum Gasteiger partial charge on any atom is 0.227 e. The minimum atomic E-state index is -0.830. The highest BCUT2D eigenvalue weighted by molar-refractivity contribution is 9.10. The molecule has 1 amide bonds. The Labute approximate surface area is 179 Å². The molecule has 1 unspecified atom stereocenters. The van der Waals surface area contributed by atoms with Crippen LogP contribution in [0.2, 0.25) is 10.0 Å². The van der Waals surface area contributed by atoms with Gasteiger partial charge in [0.2, 0.25) is 17.6 Å². The summed E-state index contributed by atoms with van der Waals surface area (Å²) >= 11 is 15.2. The van der Waals surface area contributed by atoms with Crippen molar-refractivity contribution < 1.29 is 9.32 Å². The van der Waals surface area contributed by atoms with Crippen LogP contribution < -0.4 is 5.32 Å². The number of benzene rings is 2. The summed E-state index contributed by atoms with van der Waals surface area (Å²) in [5.74, 6) is 0.478. The van der Waals surface area contributed by atoms with E-state index in [1.807, 2.05) is 30.3 Å². The lowest BCUT2D eigenvalue weighted by Crippen LogP contribution is -2.27. The van der Waals surface area contributed by atoms with E-state index in [9.17, 15) is 10.1 Å². The number of nitriles is 1. The van der Waals surface area contributed by atoms with Crippen LogP contribution >= 0.6 is 39.1 Å². The number of carbonyl (C=O) groups excluding carboxylic acids is 1. The van der Waals surface area contributed by atoms with E-state index in [0.29, 0.717) is 27.3 Å². The first-order valence-corrected chi connectivity index (χ1v) is 9.73. The Morgan fingerprint density at radius 2 is 1.96 bits per heavy atom. The van der Waals surface area contributed by atoms with Gasteiger partial charge in [0.25, 0.3) is 0 Å². The number of rotatable bonds is 6. The summed E-state index contributed by atoms with van der Waals surface area (Å²) in [6.07, 6.45) is 0.357. The van der Waals surface area contributed by atoms with Crippen molar-refractivity contribution in [2.24, 2.45) is 0 Å². The molecule has 0 aliphatic carbocycles. The van der Waals surface area contributed by atoms with Crippen molar-refractivity contribution in [1.82, 2.24) is 15.5 Å². The van der Waals surface area contributed by atoms with Crippen molar-refractivity contribution in [3.05, 3.63) is 68.4 Å². The van der Waals surface area contributed by atoms with E-state index < -0.39 is 6.04 Å². The predicted molar refractivity (Wildman–Crippen MR) is 109 cm³/mol. The van der Waals surface area contributed by atoms with Gasteiger partial charge in [-0.05, 0) is 42.0 Å². The van der Waals surface area contributed by atoms with Crippen LogP contribution in [-0.2, 0) is 11.2 Å². The Morgan fingerprint density at radius 1 is 1.21 bits per heavy atom. The second kappa shape index (κ2) is 9.20. The normalized spacial score (nSPS) is 11.6. The van der Waals surface area contributed by atoms with Crippen LogP contribution in [0, 0.1) is 11.3 Å². The van der Waals surface area contributed by atoms with E-state index in [1.165, 1.54) is 0 Å². The first-order valence-electron chi connectivity index (χ1n) is 8.18. The van der Waals surface area contributed by atoms with Crippen molar-refractivity contribution >= 4 is 45.0 Å². The molecule has 3 rings (SSSR count). The number of carbonyl (C=O) groups is 1. The van der Waals surface area contributed by atoms with Crippen molar-refractivity contribution in [3.63, 3.8) is 0 Å². The first kappa shape index (κ1) is 20.3. The molecule has 3 aromatic rings. The van der Waals surface area contributed by atoms with Crippen molar-refractivity contribution in [1.29, 1.82) is 5.26 Å². The Morgan fingerprint density at radius 3 is 2.64 bits per heavy atom. The summed E-state index contributed by atoms with van der Waals surface area (Å²) in [5.41, 5.74) is 1.37. The quantitative estimate of drug-likeness (QED) is 0.529. The molecular formula is C19H13BrCl2N4O2. The standard InChI is InChI=1S/C19H13BrCl2N4O2/c20-13-4-1-11(2-5-13)19-25-18(28-26-19)8-7-17(27)24-16(10-23)12-3-6-14(21)15(22)9-12/h1-6,9,16H,7-8H2,(H,24,27). The average molecular weight is 480 g/mol. The molecule has 1 heterocycles. The molecule has 0 bridgehead atoms. The zero-order valence-corrected chi connectivity index (χ0v) is 17.4. The topological polar surface area (TPSA) is 91.8 Å². The maximum absolute atomic E-state index is 12.2. The minimum Gasteiger partial charge on any atom is -0.339 e. The van der Waals surface area contributed by atoms with Gasteiger partial charge in [0.15, 0.2) is 0 Å². The fraction of sp³-hybridized carbons (Fsp3) is 0.158. The second-order valence-corrected chi connectivity index (χ2v) is 7.55. The molecule has 0 radical (unpaired) electrons. The van der Waals surface area contributed by atoms with Crippen LogP contribution in [0.25, 0.3) is 11.4 Å².